The van der Waals surface area contributed by atoms with Crippen LogP contribution >= 0.6 is 0 Å². The van der Waals surface area contributed by atoms with E-state index in [-0.39, 0.29) is 11.9 Å². The number of carbonyl (C=O) groups is 1. The maximum absolute atomic E-state index is 13.0. The minimum absolute atomic E-state index is 0.0801. The molecule has 1 aliphatic heterocycles. The van der Waals surface area contributed by atoms with Gasteiger partial charge >= 0.3 is 0 Å². The van der Waals surface area contributed by atoms with Crippen LogP contribution in [0.3, 0.4) is 0 Å². The summed E-state index contributed by atoms with van der Waals surface area (Å²) >= 11 is 0. The summed E-state index contributed by atoms with van der Waals surface area (Å²) in [5.41, 5.74) is 1.41. The fourth-order valence-corrected chi connectivity index (χ4v) is 3.26. The summed E-state index contributed by atoms with van der Waals surface area (Å²) in [6.45, 7) is 2.09. The Balaban J connectivity index is 1.62. The number of nitrogens with one attached hydrogen (secondary N) is 1. The lowest BCUT2D eigenvalue weighted by atomic mass is 10.0. The molecule has 2 fully saturated rings. The quantitative estimate of drug-likeness (QED) is 0.933. The molecule has 2 aliphatic rings. The fraction of sp³-hybridized carbons (Fsp3) is 0.444. The fourth-order valence-electron chi connectivity index (χ4n) is 3.26. The van der Waals surface area contributed by atoms with Crippen molar-refractivity contribution in [2.24, 2.45) is 0 Å². The molecule has 1 saturated carbocycles. The molecule has 2 heterocycles. The monoisotopic (exact) mass is 327 g/mol. The molecule has 1 amide bonds. The molecular formula is C18H21N3O3. The van der Waals surface area contributed by atoms with Gasteiger partial charge in [-0.3, -0.25) is 4.79 Å². The first-order chi connectivity index (χ1) is 11.8. The van der Waals surface area contributed by atoms with E-state index in [1.807, 2.05) is 29.2 Å². The number of para-hydroxylation sites is 1. The zero-order valence-corrected chi connectivity index (χ0v) is 13.7. The molecular weight excluding hydrogens is 306 g/mol. The summed E-state index contributed by atoms with van der Waals surface area (Å²) in [6.07, 6.45) is 2.25. The van der Waals surface area contributed by atoms with Crippen molar-refractivity contribution in [1.29, 1.82) is 0 Å². The van der Waals surface area contributed by atoms with E-state index in [1.54, 1.807) is 13.2 Å². The summed E-state index contributed by atoms with van der Waals surface area (Å²) in [6, 6.07) is 9.56. The molecule has 2 aromatic rings. The maximum Gasteiger partial charge on any atom is 0.276 e. The minimum atomic E-state index is -0.0805. The Kier molecular flexibility index (Phi) is 3.98. The highest BCUT2D eigenvalue weighted by molar-refractivity contribution is 5.92. The normalized spacial score (nSPS) is 20.9. The van der Waals surface area contributed by atoms with Gasteiger partial charge in [-0.1, -0.05) is 23.4 Å². The van der Waals surface area contributed by atoms with Crippen LogP contribution in [0.4, 0.5) is 0 Å². The molecule has 0 spiro atoms. The van der Waals surface area contributed by atoms with Crippen molar-refractivity contribution in [3.63, 3.8) is 0 Å². The number of aromatic nitrogens is 1. The molecule has 1 atom stereocenters. The van der Waals surface area contributed by atoms with Gasteiger partial charge in [0, 0.05) is 37.2 Å². The minimum Gasteiger partial charge on any atom is -0.496 e. The van der Waals surface area contributed by atoms with Gasteiger partial charge < -0.3 is 19.5 Å². The number of benzene rings is 1. The van der Waals surface area contributed by atoms with Gasteiger partial charge in [-0.15, -0.1) is 0 Å². The molecule has 1 saturated heterocycles. The molecule has 1 N–H and O–H groups in total. The SMILES string of the molecule is COc1ccccc1C1CNCCN1C(=O)c1cc(C2CC2)on1. The number of hydrogen-bond donors (Lipinski definition) is 1. The molecule has 1 aromatic carbocycles. The number of carbonyl (C=O) groups excluding carboxylic acids is 1. The third-order valence-electron chi connectivity index (χ3n) is 4.73. The van der Waals surface area contributed by atoms with E-state index >= 15 is 0 Å². The van der Waals surface area contributed by atoms with E-state index < -0.39 is 0 Å². The number of amides is 1. The van der Waals surface area contributed by atoms with Gasteiger partial charge in [0.15, 0.2) is 5.69 Å². The van der Waals surface area contributed by atoms with Gasteiger partial charge in [0.05, 0.1) is 13.2 Å². The molecule has 0 bridgehead atoms. The Morgan fingerprint density at radius 3 is 3.00 bits per heavy atom. The predicted octanol–water partition coefficient (Wildman–Crippen LogP) is 2.35. The summed E-state index contributed by atoms with van der Waals surface area (Å²) < 4.78 is 10.8. The molecule has 1 aliphatic carbocycles. The summed E-state index contributed by atoms with van der Waals surface area (Å²) in [4.78, 5) is 14.8. The van der Waals surface area contributed by atoms with Crippen LogP contribution in [0.1, 0.15) is 46.6 Å². The molecule has 6 heteroatoms. The number of nitrogens with zero attached hydrogens (tertiary/aromatic N) is 2. The maximum atomic E-state index is 13.0. The lowest BCUT2D eigenvalue weighted by Gasteiger charge is -2.36. The van der Waals surface area contributed by atoms with Crippen LogP contribution in [0.15, 0.2) is 34.9 Å². The Labute approximate surface area is 140 Å². The molecule has 24 heavy (non-hydrogen) atoms. The number of methoxy groups -OCH3 is 1. The average Bonchev–Trinajstić information content (AvgIpc) is 3.38. The van der Waals surface area contributed by atoms with Crippen LogP contribution < -0.4 is 10.1 Å². The van der Waals surface area contributed by atoms with E-state index in [1.165, 1.54) is 0 Å². The average molecular weight is 327 g/mol. The second-order valence-electron chi connectivity index (χ2n) is 6.35. The standard InChI is InChI=1S/C18H21N3O3/c1-23-16-5-3-2-4-13(16)15-11-19-8-9-21(15)18(22)14-10-17(24-20-14)12-6-7-12/h2-5,10,12,15,19H,6-9,11H2,1H3. The molecule has 0 radical (unpaired) electrons. The zero-order valence-electron chi connectivity index (χ0n) is 13.7. The lowest BCUT2D eigenvalue weighted by molar-refractivity contribution is 0.0621. The first kappa shape index (κ1) is 15.2. The predicted molar refractivity (Wildman–Crippen MR) is 88.1 cm³/mol. The van der Waals surface area contributed by atoms with E-state index in [0.29, 0.717) is 24.7 Å². The second kappa shape index (κ2) is 6.28. The summed E-state index contributed by atoms with van der Waals surface area (Å²) in [7, 11) is 1.65. The zero-order chi connectivity index (χ0) is 16.5. The molecule has 6 nitrogen and oxygen atoms in total. The first-order valence-corrected chi connectivity index (χ1v) is 8.39. The molecule has 1 unspecified atom stereocenters. The highest BCUT2D eigenvalue weighted by Gasteiger charge is 2.34. The van der Waals surface area contributed by atoms with Crippen LogP contribution in [0, 0.1) is 0 Å². The van der Waals surface area contributed by atoms with Gasteiger partial charge in [-0.2, -0.15) is 0 Å². The van der Waals surface area contributed by atoms with Crippen LogP contribution in [0.5, 0.6) is 5.75 Å². The van der Waals surface area contributed by atoms with E-state index in [4.69, 9.17) is 9.26 Å². The van der Waals surface area contributed by atoms with Crippen LogP contribution in [0.25, 0.3) is 0 Å². The lowest BCUT2D eigenvalue weighted by Crippen LogP contribution is -2.48. The van der Waals surface area contributed by atoms with Crippen molar-refractivity contribution < 1.29 is 14.1 Å². The highest BCUT2D eigenvalue weighted by atomic mass is 16.5. The number of rotatable bonds is 4. The van der Waals surface area contributed by atoms with Crippen molar-refractivity contribution >= 4 is 5.91 Å². The number of hydrogen-bond acceptors (Lipinski definition) is 5. The van der Waals surface area contributed by atoms with Gasteiger partial charge in [0.1, 0.15) is 11.5 Å². The molecule has 126 valence electrons. The third kappa shape index (κ3) is 2.78. The van der Waals surface area contributed by atoms with E-state index in [0.717, 1.165) is 36.5 Å². The van der Waals surface area contributed by atoms with Gasteiger partial charge in [0.2, 0.25) is 0 Å². The summed E-state index contributed by atoms with van der Waals surface area (Å²) in [5.74, 6) is 2.00. The number of piperazine rings is 1. The largest absolute Gasteiger partial charge is 0.496 e. The second-order valence-corrected chi connectivity index (χ2v) is 6.35. The Morgan fingerprint density at radius 1 is 1.38 bits per heavy atom. The van der Waals surface area contributed by atoms with Crippen LogP contribution in [-0.4, -0.2) is 42.7 Å². The Morgan fingerprint density at radius 2 is 2.21 bits per heavy atom. The Bertz CT molecular complexity index is 739. The van der Waals surface area contributed by atoms with Gasteiger partial charge in [-0.05, 0) is 18.9 Å². The van der Waals surface area contributed by atoms with Crippen molar-refractivity contribution in [3.8, 4) is 5.75 Å². The van der Waals surface area contributed by atoms with E-state index in [2.05, 4.69) is 10.5 Å². The van der Waals surface area contributed by atoms with Gasteiger partial charge in [-0.25, -0.2) is 0 Å². The third-order valence-corrected chi connectivity index (χ3v) is 4.73. The summed E-state index contributed by atoms with van der Waals surface area (Å²) in [5, 5.41) is 7.37. The first-order valence-electron chi connectivity index (χ1n) is 8.39. The van der Waals surface area contributed by atoms with Crippen molar-refractivity contribution in [2.75, 3.05) is 26.7 Å². The van der Waals surface area contributed by atoms with Crippen LogP contribution in [0.2, 0.25) is 0 Å². The van der Waals surface area contributed by atoms with E-state index in [9.17, 15) is 4.79 Å². The van der Waals surface area contributed by atoms with Crippen molar-refractivity contribution in [3.05, 3.63) is 47.3 Å². The van der Waals surface area contributed by atoms with Crippen molar-refractivity contribution in [2.45, 2.75) is 24.8 Å². The van der Waals surface area contributed by atoms with Crippen molar-refractivity contribution in [1.82, 2.24) is 15.4 Å². The topological polar surface area (TPSA) is 67.6 Å². The van der Waals surface area contributed by atoms with Gasteiger partial charge in [0.25, 0.3) is 5.91 Å². The molecule has 4 rings (SSSR count). The number of ether oxygens (including phenoxy) is 1. The Hall–Kier alpha value is -2.34. The highest BCUT2D eigenvalue weighted by Crippen LogP contribution is 2.40. The van der Waals surface area contributed by atoms with Crippen LogP contribution in [-0.2, 0) is 0 Å². The smallest absolute Gasteiger partial charge is 0.276 e. The molecule has 1 aromatic heterocycles.